The maximum absolute atomic E-state index is 6.86. The summed E-state index contributed by atoms with van der Waals surface area (Å²) in [6, 6.07) is 21.3. The van der Waals surface area contributed by atoms with E-state index < -0.39 is 9.04 Å². The summed E-state index contributed by atoms with van der Waals surface area (Å²) < 4.78 is 6.86. The van der Waals surface area contributed by atoms with Crippen molar-refractivity contribution in [3.05, 3.63) is 60.7 Å². The maximum Gasteiger partial charge on any atom is 0.251 e. The van der Waals surface area contributed by atoms with E-state index in [9.17, 15) is 0 Å². The highest BCUT2D eigenvalue weighted by Gasteiger charge is 2.34. The number of hydrogen-bond acceptors (Lipinski definition) is 2. The molecule has 0 spiro atoms. The summed E-state index contributed by atoms with van der Waals surface area (Å²) in [7, 11) is -1.79. The van der Waals surface area contributed by atoms with Gasteiger partial charge in [0.25, 0.3) is 14.1 Å². The number of benzene rings is 2. The molecule has 0 aliphatic rings. The summed E-state index contributed by atoms with van der Waals surface area (Å²) in [5.41, 5.74) is 6.61. The average molecular weight is 428 g/mol. The standard InChI is InChI=1S/C22H33NOSi.3CH3.Al/c1-17(2)16-20(23)21(22(3,4)5)24-25(18-12-8-6-9-13-18)19-14-10-7-11-15-19;;;;/h6-15,17,20-21,25H,16,23H2,1-5H3;3*1H3;/t20-,21?;;;;/m0..../s1. The Morgan fingerprint density at radius 2 is 1.24 bits per heavy atom. The number of hydrogen-bond donors (Lipinski definition) is 1. The van der Waals surface area contributed by atoms with E-state index in [4.69, 9.17) is 10.2 Å². The molecule has 4 heteroatoms. The molecule has 0 bridgehead atoms. The largest absolute Gasteiger partial charge is 0.406 e. The van der Waals surface area contributed by atoms with E-state index in [-0.39, 0.29) is 31.7 Å². The van der Waals surface area contributed by atoms with Crippen molar-refractivity contribution in [3.63, 3.8) is 0 Å². The Hall–Kier alpha value is -0.891. The highest BCUT2D eigenvalue weighted by atomic mass is 28.3. The minimum atomic E-state index is -1.79. The van der Waals surface area contributed by atoms with Gasteiger partial charge in [0.05, 0.1) is 6.10 Å². The summed E-state index contributed by atoms with van der Waals surface area (Å²) in [6.45, 7) is 11.2. The molecule has 2 aromatic rings. The lowest BCUT2D eigenvalue weighted by Gasteiger charge is -2.38. The summed E-state index contributed by atoms with van der Waals surface area (Å²) in [6.07, 6.45) is 1.01. The van der Waals surface area contributed by atoms with Crippen LogP contribution in [-0.4, -0.2) is 35.3 Å². The molecule has 2 aromatic carbocycles. The predicted octanol–water partition coefficient (Wildman–Crippen LogP) is 4.70. The molecule has 0 amide bonds. The lowest BCUT2D eigenvalue weighted by atomic mass is 9.82. The molecule has 160 valence electrons. The molecule has 2 N–H and O–H groups in total. The molecule has 0 aliphatic carbocycles. The quantitative estimate of drug-likeness (QED) is 0.650. The highest BCUT2D eigenvalue weighted by molar-refractivity contribution is 6.80. The van der Waals surface area contributed by atoms with Crippen molar-refractivity contribution in [1.29, 1.82) is 0 Å². The molecule has 0 fully saturated rings. The Labute approximate surface area is 186 Å². The van der Waals surface area contributed by atoms with Gasteiger partial charge < -0.3 is 10.2 Å². The maximum atomic E-state index is 6.86. The zero-order chi connectivity index (χ0) is 22.0. The van der Waals surface area contributed by atoms with E-state index in [2.05, 4.69) is 113 Å². The zero-order valence-electron chi connectivity index (χ0n) is 19.9. The van der Waals surface area contributed by atoms with E-state index in [1.165, 1.54) is 10.4 Å². The molecular formula is C25H42AlNOSi. The molecule has 0 saturated carbocycles. The van der Waals surface area contributed by atoms with Crippen LogP contribution in [0.3, 0.4) is 0 Å². The van der Waals surface area contributed by atoms with Gasteiger partial charge in [-0.3, -0.25) is 0 Å². The van der Waals surface area contributed by atoms with Crippen LogP contribution in [0.15, 0.2) is 60.7 Å². The van der Waals surface area contributed by atoms with Gasteiger partial charge in [-0.25, -0.2) is 0 Å². The fourth-order valence-electron chi connectivity index (χ4n) is 3.37. The van der Waals surface area contributed by atoms with Gasteiger partial charge in [0.1, 0.15) is 0 Å². The van der Waals surface area contributed by atoms with Crippen LogP contribution in [0.5, 0.6) is 0 Å². The zero-order valence-corrected chi connectivity index (χ0v) is 22.2. The van der Waals surface area contributed by atoms with Crippen LogP contribution >= 0.6 is 0 Å². The lowest BCUT2D eigenvalue weighted by Crippen LogP contribution is -2.55. The Bertz CT molecular complexity index is 628. The normalized spacial score (nSPS) is 13.6. The second kappa shape index (κ2) is 12.7. The number of rotatable bonds is 7. The van der Waals surface area contributed by atoms with Crippen LogP contribution in [0.25, 0.3) is 0 Å². The Morgan fingerprint density at radius 1 is 0.862 bits per heavy atom. The van der Waals surface area contributed by atoms with Crippen molar-refractivity contribution in [2.24, 2.45) is 17.1 Å². The van der Waals surface area contributed by atoms with Crippen LogP contribution in [0.4, 0.5) is 0 Å². The minimum Gasteiger partial charge on any atom is -0.406 e. The van der Waals surface area contributed by atoms with Crippen molar-refractivity contribution in [1.82, 2.24) is 0 Å². The highest BCUT2D eigenvalue weighted by Crippen LogP contribution is 2.27. The lowest BCUT2D eigenvalue weighted by molar-refractivity contribution is 0.0589. The molecule has 29 heavy (non-hydrogen) atoms. The van der Waals surface area contributed by atoms with Gasteiger partial charge >= 0.3 is 0 Å². The van der Waals surface area contributed by atoms with Crippen molar-refractivity contribution in [2.45, 2.75) is 70.5 Å². The van der Waals surface area contributed by atoms with Gasteiger partial charge in [0.15, 0.2) is 0 Å². The molecular weight excluding hydrogens is 385 g/mol. The van der Waals surface area contributed by atoms with E-state index >= 15 is 0 Å². The SMILES string of the molecule is CC(C)C[C@H](N)C(O[SiH](c1ccccc1)c1ccccc1)C(C)(C)C.[CH3][Al]([CH3])[CH3]. The number of nitrogens with two attached hydrogens (primary N) is 1. The van der Waals surface area contributed by atoms with E-state index in [1.807, 2.05) is 0 Å². The molecule has 0 radical (unpaired) electrons. The second-order valence-corrected chi connectivity index (χ2v) is 16.0. The smallest absolute Gasteiger partial charge is 0.251 e. The molecule has 0 saturated heterocycles. The van der Waals surface area contributed by atoms with Gasteiger partial charge in [-0.2, -0.15) is 0 Å². The summed E-state index contributed by atoms with van der Waals surface area (Å²) in [4.78, 5) is 0. The second-order valence-electron chi connectivity index (χ2n) is 10.1. The van der Waals surface area contributed by atoms with Crippen LogP contribution in [0, 0.1) is 11.3 Å². The molecule has 0 aromatic heterocycles. The van der Waals surface area contributed by atoms with E-state index in [0.717, 1.165) is 6.42 Å². The van der Waals surface area contributed by atoms with E-state index in [0.29, 0.717) is 5.92 Å². The van der Waals surface area contributed by atoms with Gasteiger partial charge in [-0.05, 0) is 28.1 Å². The Morgan fingerprint density at radius 3 is 1.55 bits per heavy atom. The van der Waals surface area contributed by atoms with Crippen molar-refractivity contribution in [3.8, 4) is 0 Å². The van der Waals surface area contributed by atoms with Crippen LogP contribution < -0.4 is 16.1 Å². The van der Waals surface area contributed by atoms with Gasteiger partial charge in [0.2, 0.25) is 9.04 Å². The van der Waals surface area contributed by atoms with Crippen molar-refractivity contribution < 1.29 is 4.43 Å². The fourth-order valence-corrected chi connectivity index (χ4v) is 6.11. The molecule has 0 aliphatic heterocycles. The summed E-state index contributed by atoms with van der Waals surface area (Å²) in [5, 5.41) is 2.61. The monoisotopic (exact) mass is 427 g/mol. The topological polar surface area (TPSA) is 35.2 Å². The Kier molecular flexibility index (Phi) is 11.5. The van der Waals surface area contributed by atoms with Crippen molar-refractivity contribution in [2.75, 3.05) is 0 Å². The average Bonchev–Trinajstić information content (AvgIpc) is 2.61. The molecule has 0 heterocycles. The third-order valence-electron chi connectivity index (χ3n) is 4.47. The van der Waals surface area contributed by atoms with Crippen LogP contribution in [0.1, 0.15) is 41.0 Å². The van der Waals surface area contributed by atoms with Gasteiger partial charge in [-0.15, -0.1) is 17.4 Å². The predicted molar refractivity (Wildman–Crippen MR) is 134 cm³/mol. The molecule has 2 atom stereocenters. The first-order valence-corrected chi connectivity index (χ1v) is 16.1. The van der Waals surface area contributed by atoms with Crippen molar-refractivity contribution >= 4 is 33.6 Å². The first-order chi connectivity index (χ1) is 13.5. The molecule has 2 nitrogen and oxygen atoms in total. The van der Waals surface area contributed by atoms with Gasteiger partial charge in [0, 0.05) is 6.04 Å². The third kappa shape index (κ3) is 10.1. The minimum absolute atomic E-state index is 0.00309. The third-order valence-corrected chi connectivity index (χ3v) is 7.02. The summed E-state index contributed by atoms with van der Waals surface area (Å²) >= 11 is -0.139. The Balaban J connectivity index is 0.000000960. The first-order valence-electron chi connectivity index (χ1n) is 11.0. The molecule has 1 unspecified atom stereocenters. The first kappa shape index (κ1) is 26.1. The van der Waals surface area contributed by atoms with Gasteiger partial charge in [-0.1, -0.05) is 95.3 Å². The molecule has 2 rings (SSSR count). The fraction of sp³-hybridized carbons (Fsp3) is 0.520. The van der Waals surface area contributed by atoms with Crippen LogP contribution in [-0.2, 0) is 4.43 Å². The summed E-state index contributed by atoms with van der Waals surface area (Å²) in [5.74, 6) is 7.48. The van der Waals surface area contributed by atoms with E-state index in [1.54, 1.807) is 0 Å². The van der Waals surface area contributed by atoms with Crippen LogP contribution in [0.2, 0.25) is 17.4 Å².